The number of carboxylic acids is 1. The lowest BCUT2D eigenvalue weighted by molar-refractivity contribution is -0.146. The molecule has 0 radical (unpaired) electrons. The van der Waals surface area contributed by atoms with Crippen LogP contribution in [0.1, 0.15) is 46.0 Å². The molecule has 110 valence electrons. The van der Waals surface area contributed by atoms with E-state index in [1.54, 1.807) is 0 Å². The van der Waals surface area contributed by atoms with Gasteiger partial charge in [-0.25, -0.2) is 0 Å². The van der Waals surface area contributed by atoms with E-state index in [9.17, 15) is 9.90 Å². The van der Waals surface area contributed by atoms with Crippen molar-refractivity contribution < 1.29 is 9.90 Å². The first-order chi connectivity index (χ1) is 9.08. The second-order valence-electron chi connectivity index (χ2n) is 6.51. The molecule has 0 aromatic heterocycles. The standard InChI is InChI=1S/C15H28N2O2/c1-12(2)11-16-9-6-13(7-10-16)17-8-4-3-5-14(17)15(18)19/h12-14H,3-11H2,1-2H3,(H,18,19). The van der Waals surface area contributed by atoms with Gasteiger partial charge in [-0.05, 0) is 51.2 Å². The van der Waals surface area contributed by atoms with Crippen molar-refractivity contribution in [3.05, 3.63) is 0 Å². The molecule has 0 saturated carbocycles. The topological polar surface area (TPSA) is 43.8 Å². The lowest BCUT2D eigenvalue weighted by Crippen LogP contribution is -2.53. The zero-order valence-electron chi connectivity index (χ0n) is 12.3. The Morgan fingerprint density at radius 3 is 2.42 bits per heavy atom. The zero-order chi connectivity index (χ0) is 13.8. The molecule has 0 aromatic rings. The van der Waals surface area contributed by atoms with Crippen LogP contribution in [0.5, 0.6) is 0 Å². The summed E-state index contributed by atoms with van der Waals surface area (Å²) in [7, 11) is 0. The number of hydrogen-bond acceptors (Lipinski definition) is 3. The highest BCUT2D eigenvalue weighted by molar-refractivity contribution is 5.73. The first-order valence-corrected chi connectivity index (χ1v) is 7.79. The number of nitrogens with zero attached hydrogens (tertiary/aromatic N) is 2. The van der Waals surface area contributed by atoms with Gasteiger partial charge < -0.3 is 10.0 Å². The Kier molecular flexibility index (Phi) is 5.22. The van der Waals surface area contributed by atoms with Crippen LogP contribution in [-0.4, -0.2) is 59.1 Å². The summed E-state index contributed by atoms with van der Waals surface area (Å²) < 4.78 is 0. The van der Waals surface area contributed by atoms with E-state index in [1.165, 1.54) is 6.54 Å². The molecule has 4 heteroatoms. The van der Waals surface area contributed by atoms with Crippen molar-refractivity contribution in [2.24, 2.45) is 5.92 Å². The molecular formula is C15H28N2O2. The van der Waals surface area contributed by atoms with Gasteiger partial charge in [-0.3, -0.25) is 9.69 Å². The first kappa shape index (κ1) is 14.8. The average Bonchev–Trinajstić information content (AvgIpc) is 2.39. The van der Waals surface area contributed by atoms with E-state index < -0.39 is 5.97 Å². The second-order valence-corrected chi connectivity index (χ2v) is 6.51. The number of piperidine rings is 2. The Morgan fingerprint density at radius 2 is 1.84 bits per heavy atom. The minimum atomic E-state index is -0.621. The Labute approximate surface area is 116 Å². The quantitative estimate of drug-likeness (QED) is 0.847. The van der Waals surface area contributed by atoms with Crippen molar-refractivity contribution >= 4 is 5.97 Å². The summed E-state index contributed by atoms with van der Waals surface area (Å²) in [6, 6.07) is 0.264. The van der Waals surface area contributed by atoms with Crippen molar-refractivity contribution in [1.82, 2.24) is 9.80 Å². The fourth-order valence-electron chi connectivity index (χ4n) is 3.61. The van der Waals surface area contributed by atoms with Crippen LogP contribution in [0.15, 0.2) is 0 Å². The largest absolute Gasteiger partial charge is 0.480 e. The molecule has 1 atom stereocenters. The summed E-state index contributed by atoms with van der Waals surface area (Å²) in [6.45, 7) is 8.94. The third kappa shape index (κ3) is 3.93. The molecule has 0 spiro atoms. The van der Waals surface area contributed by atoms with Crippen molar-refractivity contribution in [2.75, 3.05) is 26.2 Å². The molecule has 4 nitrogen and oxygen atoms in total. The molecule has 2 aliphatic rings. The molecule has 0 amide bonds. The van der Waals surface area contributed by atoms with Crippen LogP contribution in [0, 0.1) is 5.92 Å². The maximum Gasteiger partial charge on any atom is 0.320 e. The molecule has 2 fully saturated rings. The molecule has 1 N–H and O–H groups in total. The van der Waals surface area contributed by atoms with Crippen molar-refractivity contribution in [1.29, 1.82) is 0 Å². The lowest BCUT2D eigenvalue weighted by atomic mass is 9.95. The van der Waals surface area contributed by atoms with Gasteiger partial charge in [0.15, 0.2) is 0 Å². The number of rotatable bonds is 4. The molecule has 2 rings (SSSR count). The van der Waals surface area contributed by atoms with Crippen molar-refractivity contribution in [2.45, 2.75) is 58.0 Å². The molecule has 0 aromatic carbocycles. The van der Waals surface area contributed by atoms with Crippen LogP contribution in [0.25, 0.3) is 0 Å². The first-order valence-electron chi connectivity index (χ1n) is 7.79. The van der Waals surface area contributed by atoms with Crippen LogP contribution < -0.4 is 0 Å². The van der Waals surface area contributed by atoms with Gasteiger partial charge in [0.05, 0.1) is 0 Å². The summed E-state index contributed by atoms with van der Waals surface area (Å²) in [5.74, 6) is 0.0996. The van der Waals surface area contributed by atoms with Crippen molar-refractivity contribution in [3.63, 3.8) is 0 Å². The minimum absolute atomic E-state index is 0.226. The van der Waals surface area contributed by atoms with Crippen LogP contribution in [0.4, 0.5) is 0 Å². The van der Waals surface area contributed by atoms with Gasteiger partial charge >= 0.3 is 5.97 Å². The van der Waals surface area contributed by atoms with Gasteiger partial charge in [-0.15, -0.1) is 0 Å². The number of hydrogen-bond donors (Lipinski definition) is 1. The minimum Gasteiger partial charge on any atom is -0.480 e. The van der Waals surface area contributed by atoms with Gasteiger partial charge in [0, 0.05) is 12.6 Å². The molecule has 2 heterocycles. The SMILES string of the molecule is CC(C)CN1CCC(N2CCCCC2C(=O)O)CC1. The predicted octanol–water partition coefficient (Wildman–Crippen LogP) is 2.05. The van der Waals surface area contributed by atoms with Gasteiger partial charge in [0.1, 0.15) is 6.04 Å². The average molecular weight is 268 g/mol. The third-order valence-electron chi connectivity index (χ3n) is 4.48. The second kappa shape index (κ2) is 6.71. The Hall–Kier alpha value is -0.610. The highest BCUT2D eigenvalue weighted by Gasteiger charge is 2.34. The molecule has 2 saturated heterocycles. The fraction of sp³-hybridized carbons (Fsp3) is 0.933. The van der Waals surface area contributed by atoms with Crippen molar-refractivity contribution in [3.8, 4) is 0 Å². The van der Waals surface area contributed by atoms with E-state index in [0.717, 1.165) is 57.7 Å². The molecule has 0 aliphatic carbocycles. The monoisotopic (exact) mass is 268 g/mol. The van der Waals surface area contributed by atoms with Crippen LogP contribution in [-0.2, 0) is 4.79 Å². The maximum absolute atomic E-state index is 11.4. The molecular weight excluding hydrogens is 240 g/mol. The normalized spacial score (nSPS) is 27.8. The zero-order valence-corrected chi connectivity index (χ0v) is 12.3. The molecule has 1 unspecified atom stereocenters. The van der Waals surface area contributed by atoms with Gasteiger partial charge in [-0.2, -0.15) is 0 Å². The Balaban J connectivity index is 1.87. The molecule has 0 bridgehead atoms. The number of carbonyl (C=O) groups is 1. The van der Waals surface area contributed by atoms with Crippen LogP contribution in [0.3, 0.4) is 0 Å². The number of aliphatic carboxylic acids is 1. The smallest absolute Gasteiger partial charge is 0.320 e. The van der Waals surface area contributed by atoms with E-state index in [0.29, 0.717) is 6.04 Å². The van der Waals surface area contributed by atoms with Crippen LogP contribution >= 0.6 is 0 Å². The van der Waals surface area contributed by atoms with E-state index in [4.69, 9.17) is 0 Å². The summed E-state index contributed by atoms with van der Waals surface area (Å²) in [5, 5.41) is 9.36. The summed E-state index contributed by atoms with van der Waals surface area (Å²) in [5.41, 5.74) is 0. The summed E-state index contributed by atoms with van der Waals surface area (Å²) in [4.78, 5) is 16.2. The maximum atomic E-state index is 11.4. The van der Waals surface area contributed by atoms with Crippen LogP contribution in [0.2, 0.25) is 0 Å². The van der Waals surface area contributed by atoms with E-state index in [-0.39, 0.29) is 6.04 Å². The highest BCUT2D eigenvalue weighted by Crippen LogP contribution is 2.25. The van der Waals surface area contributed by atoms with Gasteiger partial charge in [0.2, 0.25) is 0 Å². The van der Waals surface area contributed by atoms with E-state index in [2.05, 4.69) is 23.6 Å². The van der Waals surface area contributed by atoms with Gasteiger partial charge in [0.25, 0.3) is 0 Å². The number of likely N-dealkylation sites (tertiary alicyclic amines) is 2. The number of carboxylic acid groups (broad SMARTS) is 1. The van der Waals surface area contributed by atoms with Gasteiger partial charge in [-0.1, -0.05) is 20.3 Å². The third-order valence-corrected chi connectivity index (χ3v) is 4.48. The fourth-order valence-corrected chi connectivity index (χ4v) is 3.61. The Bertz CT molecular complexity index is 299. The van der Waals surface area contributed by atoms with E-state index >= 15 is 0 Å². The predicted molar refractivity (Wildman–Crippen MR) is 76.3 cm³/mol. The summed E-state index contributed by atoms with van der Waals surface area (Å²) >= 11 is 0. The summed E-state index contributed by atoms with van der Waals surface area (Å²) in [6.07, 6.45) is 5.34. The van der Waals surface area contributed by atoms with E-state index in [1.807, 2.05) is 0 Å². The molecule has 2 aliphatic heterocycles. The highest BCUT2D eigenvalue weighted by atomic mass is 16.4. The molecule has 19 heavy (non-hydrogen) atoms. The lowest BCUT2D eigenvalue weighted by Gasteiger charge is -2.43. The Morgan fingerprint density at radius 1 is 1.16 bits per heavy atom.